The molecule has 0 spiro atoms. The van der Waals surface area contributed by atoms with Gasteiger partial charge in [-0.15, -0.1) is 0 Å². The van der Waals surface area contributed by atoms with Gasteiger partial charge < -0.3 is 11.1 Å². The molecule has 0 saturated heterocycles. The molecule has 0 saturated carbocycles. The van der Waals surface area contributed by atoms with E-state index < -0.39 is 0 Å². The van der Waals surface area contributed by atoms with Gasteiger partial charge in [-0.1, -0.05) is 23.7 Å². The number of nitriles is 1. The third kappa shape index (κ3) is 3.52. The van der Waals surface area contributed by atoms with Gasteiger partial charge >= 0.3 is 0 Å². The zero-order valence-corrected chi connectivity index (χ0v) is 14.1. The van der Waals surface area contributed by atoms with Crippen molar-refractivity contribution in [1.29, 1.82) is 5.26 Å². The van der Waals surface area contributed by atoms with Crippen LogP contribution in [0.5, 0.6) is 0 Å². The van der Waals surface area contributed by atoms with E-state index in [1.807, 2.05) is 25.1 Å². The van der Waals surface area contributed by atoms with Gasteiger partial charge in [0.25, 0.3) is 0 Å². The Hall–Kier alpha value is -3.17. The second-order valence-corrected chi connectivity index (χ2v) is 5.94. The molecule has 7 heteroatoms. The van der Waals surface area contributed by atoms with Crippen LogP contribution >= 0.6 is 11.6 Å². The number of benzene rings is 2. The molecule has 0 fully saturated rings. The third-order valence-corrected chi connectivity index (χ3v) is 3.93. The molecule has 3 aromatic rings. The zero-order chi connectivity index (χ0) is 18.0. The lowest BCUT2D eigenvalue weighted by Crippen LogP contribution is -2.11. The Balaban J connectivity index is 2.14. The number of hydrogen-bond donors (Lipinski definition) is 2. The van der Waals surface area contributed by atoms with Crippen LogP contribution in [0.1, 0.15) is 12.0 Å². The van der Waals surface area contributed by atoms with Gasteiger partial charge in [0.15, 0.2) is 0 Å². The summed E-state index contributed by atoms with van der Waals surface area (Å²) in [7, 11) is 0. The number of nitrogens with one attached hydrogen (secondary N) is 1. The van der Waals surface area contributed by atoms with Crippen molar-refractivity contribution >= 4 is 40.0 Å². The van der Waals surface area contributed by atoms with E-state index in [-0.39, 0.29) is 18.3 Å². The van der Waals surface area contributed by atoms with Gasteiger partial charge in [-0.2, -0.15) is 5.26 Å². The molecule has 25 heavy (non-hydrogen) atoms. The number of carbonyl (C=O) groups is 1. The Morgan fingerprint density at radius 1 is 1.28 bits per heavy atom. The summed E-state index contributed by atoms with van der Waals surface area (Å²) in [5.41, 5.74) is 9.39. The second kappa shape index (κ2) is 6.75. The van der Waals surface area contributed by atoms with Crippen LogP contribution in [0, 0.1) is 18.3 Å². The highest BCUT2D eigenvalue weighted by atomic mass is 35.5. The molecule has 1 heterocycles. The molecular weight excluding hydrogens is 338 g/mol. The highest BCUT2D eigenvalue weighted by Gasteiger charge is 2.12. The number of halogens is 1. The van der Waals surface area contributed by atoms with Crippen LogP contribution < -0.4 is 11.1 Å². The molecule has 0 bridgehead atoms. The average molecular weight is 352 g/mol. The molecule has 0 aliphatic rings. The van der Waals surface area contributed by atoms with E-state index in [1.54, 1.807) is 24.3 Å². The molecule has 0 unspecified atom stereocenters. The molecule has 0 aliphatic carbocycles. The van der Waals surface area contributed by atoms with Crippen molar-refractivity contribution in [1.82, 2.24) is 9.97 Å². The highest BCUT2D eigenvalue weighted by Crippen LogP contribution is 2.31. The first-order valence-corrected chi connectivity index (χ1v) is 7.86. The summed E-state index contributed by atoms with van der Waals surface area (Å²) in [6.07, 6.45) is -0.206. The number of aromatic nitrogens is 2. The summed E-state index contributed by atoms with van der Waals surface area (Å²) in [5, 5.41) is 12.7. The van der Waals surface area contributed by atoms with E-state index in [1.165, 1.54) is 0 Å². The van der Waals surface area contributed by atoms with E-state index in [0.29, 0.717) is 21.9 Å². The van der Waals surface area contributed by atoms with E-state index in [2.05, 4.69) is 15.3 Å². The normalized spacial score (nSPS) is 10.4. The summed E-state index contributed by atoms with van der Waals surface area (Å²) in [6.45, 7) is 1.87. The van der Waals surface area contributed by atoms with Gasteiger partial charge in [-0.25, -0.2) is 9.97 Å². The lowest BCUT2D eigenvalue weighted by atomic mass is 10.0. The van der Waals surface area contributed by atoms with E-state index >= 15 is 0 Å². The summed E-state index contributed by atoms with van der Waals surface area (Å²) in [4.78, 5) is 20.3. The van der Waals surface area contributed by atoms with Gasteiger partial charge in [0, 0.05) is 21.7 Å². The van der Waals surface area contributed by atoms with Crippen LogP contribution in [0.2, 0.25) is 5.02 Å². The lowest BCUT2D eigenvalue weighted by Gasteiger charge is -2.11. The number of amides is 1. The summed E-state index contributed by atoms with van der Waals surface area (Å²) in [6, 6.07) is 12.7. The lowest BCUT2D eigenvalue weighted by molar-refractivity contribution is -0.115. The van der Waals surface area contributed by atoms with Gasteiger partial charge in [0.2, 0.25) is 11.9 Å². The summed E-state index contributed by atoms with van der Waals surface area (Å²) in [5.74, 6) is -0.210. The van der Waals surface area contributed by atoms with Crippen molar-refractivity contribution < 1.29 is 4.79 Å². The van der Waals surface area contributed by atoms with Crippen molar-refractivity contribution in [2.45, 2.75) is 13.3 Å². The number of fused-ring (bicyclic) bond motifs is 1. The molecule has 2 aromatic carbocycles. The predicted octanol–water partition coefficient (Wildman–Crippen LogP) is 3.69. The number of rotatable bonds is 3. The largest absolute Gasteiger partial charge is 0.368 e. The molecule has 1 amide bonds. The number of aryl methyl sites for hydroxylation is 1. The molecule has 124 valence electrons. The SMILES string of the molecule is Cc1ccc(-c2nc(N)nc3ccc(Cl)cc23)cc1NC(=O)CC#N. The molecule has 3 rings (SSSR count). The molecule has 6 nitrogen and oxygen atoms in total. The van der Waals surface area contributed by atoms with Crippen LogP contribution in [0.3, 0.4) is 0 Å². The first-order valence-electron chi connectivity index (χ1n) is 7.48. The number of anilines is 2. The Morgan fingerprint density at radius 2 is 2.08 bits per heavy atom. The molecule has 0 radical (unpaired) electrons. The number of nitrogen functional groups attached to an aromatic ring is 1. The number of carbonyl (C=O) groups excluding carboxylic acids is 1. The van der Waals surface area contributed by atoms with Gasteiger partial charge in [0.1, 0.15) is 6.42 Å². The maximum absolute atomic E-state index is 11.7. The second-order valence-electron chi connectivity index (χ2n) is 5.50. The predicted molar refractivity (Wildman–Crippen MR) is 98.0 cm³/mol. The van der Waals surface area contributed by atoms with Crippen LogP contribution in [0.15, 0.2) is 36.4 Å². The van der Waals surface area contributed by atoms with Crippen molar-refractivity contribution in [2.75, 3.05) is 11.1 Å². The van der Waals surface area contributed by atoms with Crippen LogP contribution in [0.4, 0.5) is 11.6 Å². The maximum atomic E-state index is 11.7. The molecule has 3 N–H and O–H groups in total. The monoisotopic (exact) mass is 351 g/mol. The third-order valence-electron chi connectivity index (χ3n) is 3.70. The molecule has 0 aliphatic heterocycles. The topological polar surface area (TPSA) is 105 Å². The Labute approximate surface area is 149 Å². The van der Waals surface area contributed by atoms with E-state index in [0.717, 1.165) is 16.5 Å². The van der Waals surface area contributed by atoms with Crippen molar-refractivity contribution in [3.63, 3.8) is 0 Å². The van der Waals surface area contributed by atoms with Gasteiger partial charge in [0.05, 0.1) is 17.3 Å². The molecule has 0 atom stereocenters. The van der Waals surface area contributed by atoms with Gasteiger partial charge in [-0.3, -0.25) is 4.79 Å². The minimum Gasteiger partial charge on any atom is -0.368 e. The minimum absolute atomic E-state index is 0.153. The van der Waals surface area contributed by atoms with Crippen LogP contribution in [-0.4, -0.2) is 15.9 Å². The first kappa shape index (κ1) is 16.7. The average Bonchev–Trinajstić information content (AvgIpc) is 2.57. The van der Waals surface area contributed by atoms with Crippen LogP contribution in [0.25, 0.3) is 22.2 Å². The molecular formula is C18H14ClN5O. The Morgan fingerprint density at radius 3 is 2.84 bits per heavy atom. The van der Waals surface area contributed by atoms with Gasteiger partial charge in [-0.05, 0) is 36.8 Å². The number of nitrogens with zero attached hydrogens (tertiary/aromatic N) is 3. The van der Waals surface area contributed by atoms with Crippen LogP contribution in [-0.2, 0) is 4.79 Å². The van der Waals surface area contributed by atoms with Crippen molar-refractivity contribution in [3.8, 4) is 17.3 Å². The molecule has 1 aromatic heterocycles. The van der Waals surface area contributed by atoms with E-state index in [9.17, 15) is 4.79 Å². The summed E-state index contributed by atoms with van der Waals surface area (Å²) < 4.78 is 0. The maximum Gasteiger partial charge on any atom is 0.238 e. The minimum atomic E-state index is -0.363. The first-order chi connectivity index (χ1) is 12.0. The highest BCUT2D eigenvalue weighted by molar-refractivity contribution is 6.31. The quantitative estimate of drug-likeness (QED) is 0.748. The Kier molecular flexibility index (Phi) is 4.50. The summed E-state index contributed by atoms with van der Waals surface area (Å²) >= 11 is 6.10. The van der Waals surface area contributed by atoms with Crippen molar-refractivity contribution in [3.05, 3.63) is 47.0 Å². The smallest absolute Gasteiger partial charge is 0.238 e. The fourth-order valence-corrected chi connectivity index (χ4v) is 2.68. The van der Waals surface area contributed by atoms with E-state index in [4.69, 9.17) is 22.6 Å². The fraction of sp³-hybridized carbons (Fsp3) is 0.111. The standard InChI is InChI=1S/C18H14ClN5O/c1-10-2-3-11(8-15(10)22-16(25)6-7-20)17-13-9-12(19)4-5-14(13)23-18(21)24-17/h2-5,8-9H,6H2,1H3,(H,22,25)(H2,21,23,24). The van der Waals surface area contributed by atoms with Crippen molar-refractivity contribution in [2.24, 2.45) is 0 Å². The number of hydrogen-bond acceptors (Lipinski definition) is 5. The number of nitrogens with two attached hydrogens (primary N) is 1. The Bertz CT molecular complexity index is 1030. The fourth-order valence-electron chi connectivity index (χ4n) is 2.51. The zero-order valence-electron chi connectivity index (χ0n) is 13.4.